The molecule has 0 bridgehead atoms. The van der Waals surface area contributed by atoms with Crippen LogP contribution in [0.4, 0.5) is 5.69 Å². The van der Waals surface area contributed by atoms with Crippen LogP contribution in [0.5, 0.6) is 17.2 Å². The zero-order chi connectivity index (χ0) is 19.7. The Balaban J connectivity index is 2.27. The highest BCUT2D eigenvalue weighted by atomic mass is 79.9. The average molecular weight is 430 g/mol. The summed E-state index contributed by atoms with van der Waals surface area (Å²) in [5, 5.41) is 9.71. The van der Waals surface area contributed by atoms with Gasteiger partial charge in [0, 0.05) is 37.0 Å². The summed E-state index contributed by atoms with van der Waals surface area (Å²) in [5.74, 6) is 1.77. The lowest BCUT2D eigenvalue weighted by Gasteiger charge is -2.28. The SMILES string of the molecule is COc1cc(C2=C(C#N)C(N)Oc3cc(N(C)C)ccc32)cc(Br)c1OC. The predicted molar refractivity (Wildman–Crippen MR) is 108 cm³/mol. The molecule has 140 valence electrons. The van der Waals surface area contributed by atoms with Crippen molar-refractivity contribution >= 4 is 27.2 Å². The molecular formula is C20H20BrN3O3. The van der Waals surface area contributed by atoms with Crippen LogP contribution < -0.4 is 24.8 Å². The molecule has 0 saturated heterocycles. The minimum absolute atomic E-state index is 0.360. The van der Waals surface area contributed by atoms with E-state index in [2.05, 4.69) is 22.0 Å². The third-order valence-corrected chi connectivity index (χ3v) is 4.99. The van der Waals surface area contributed by atoms with Gasteiger partial charge in [-0.1, -0.05) is 0 Å². The Hall–Kier alpha value is -2.69. The molecule has 1 atom stereocenters. The molecule has 0 fully saturated rings. The molecule has 6 nitrogen and oxygen atoms in total. The van der Waals surface area contributed by atoms with Crippen molar-refractivity contribution < 1.29 is 14.2 Å². The van der Waals surface area contributed by atoms with Crippen LogP contribution >= 0.6 is 15.9 Å². The summed E-state index contributed by atoms with van der Waals surface area (Å²) in [5.41, 5.74) is 9.79. The first kappa shape index (κ1) is 19.1. The number of halogens is 1. The van der Waals surface area contributed by atoms with Crippen LogP contribution in [0, 0.1) is 11.3 Å². The van der Waals surface area contributed by atoms with Gasteiger partial charge in [-0.25, -0.2) is 0 Å². The monoisotopic (exact) mass is 429 g/mol. The summed E-state index contributed by atoms with van der Waals surface area (Å²) in [6.07, 6.45) is -0.846. The molecule has 2 aromatic rings. The molecule has 0 aliphatic carbocycles. The van der Waals surface area contributed by atoms with Crippen LogP contribution in [0.2, 0.25) is 0 Å². The van der Waals surface area contributed by atoms with Crippen molar-refractivity contribution in [2.75, 3.05) is 33.2 Å². The second-order valence-corrected chi connectivity index (χ2v) is 7.06. The van der Waals surface area contributed by atoms with Gasteiger partial charge in [0.25, 0.3) is 0 Å². The van der Waals surface area contributed by atoms with E-state index in [0.717, 1.165) is 26.9 Å². The van der Waals surface area contributed by atoms with E-state index in [4.69, 9.17) is 19.9 Å². The molecule has 0 saturated carbocycles. The van der Waals surface area contributed by atoms with Gasteiger partial charge >= 0.3 is 0 Å². The summed E-state index contributed by atoms with van der Waals surface area (Å²) >= 11 is 3.51. The van der Waals surface area contributed by atoms with E-state index in [-0.39, 0.29) is 0 Å². The summed E-state index contributed by atoms with van der Waals surface area (Å²) in [6.45, 7) is 0. The van der Waals surface area contributed by atoms with E-state index >= 15 is 0 Å². The Morgan fingerprint density at radius 1 is 1.19 bits per heavy atom. The summed E-state index contributed by atoms with van der Waals surface area (Å²) in [7, 11) is 7.05. The highest BCUT2D eigenvalue weighted by molar-refractivity contribution is 9.10. The summed E-state index contributed by atoms with van der Waals surface area (Å²) in [4.78, 5) is 1.98. The van der Waals surface area contributed by atoms with Gasteiger partial charge in [0.05, 0.1) is 24.3 Å². The Bertz CT molecular complexity index is 964. The van der Waals surface area contributed by atoms with Gasteiger partial charge in [0.2, 0.25) is 0 Å². The van der Waals surface area contributed by atoms with Crippen LogP contribution in [0.1, 0.15) is 11.1 Å². The highest BCUT2D eigenvalue weighted by Gasteiger charge is 2.29. The average Bonchev–Trinajstić information content (AvgIpc) is 2.65. The predicted octanol–water partition coefficient (Wildman–Crippen LogP) is 3.53. The lowest BCUT2D eigenvalue weighted by atomic mass is 9.90. The molecule has 0 aromatic heterocycles. The highest BCUT2D eigenvalue weighted by Crippen LogP contribution is 2.44. The number of fused-ring (bicyclic) bond motifs is 1. The third kappa shape index (κ3) is 3.34. The number of ether oxygens (including phenoxy) is 3. The van der Waals surface area contributed by atoms with E-state index in [1.54, 1.807) is 14.2 Å². The molecule has 1 aliphatic heterocycles. The van der Waals surface area contributed by atoms with Crippen molar-refractivity contribution in [2.24, 2.45) is 5.73 Å². The standard InChI is InChI=1S/C20H20BrN3O3/c1-24(2)12-5-6-13-16(9-12)27-20(23)14(10-22)18(13)11-7-15(21)19(26-4)17(8-11)25-3/h5-9,20H,23H2,1-4H3. The van der Waals surface area contributed by atoms with E-state index in [9.17, 15) is 5.26 Å². The fraction of sp³-hybridized carbons (Fsp3) is 0.250. The molecule has 27 heavy (non-hydrogen) atoms. The van der Waals surface area contributed by atoms with E-state index in [1.165, 1.54) is 0 Å². The third-order valence-electron chi connectivity index (χ3n) is 4.40. The lowest BCUT2D eigenvalue weighted by Crippen LogP contribution is -2.33. The normalized spacial score (nSPS) is 15.5. The lowest BCUT2D eigenvalue weighted by molar-refractivity contribution is 0.245. The first-order chi connectivity index (χ1) is 12.9. The largest absolute Gasteiger partial charge is 0.493 e. The number of methoxy groups -OCH3 is 2. The number of hydrogen-bond donors (Lipinski definition) is 1. The molecule has 2 N–H and O–H groups in total. The van der Waals surface area contributed by atoms with Gasteiger partial charge in [0.15, 0.2) is 17.7 Å². The number of anilines is 1. The van der Waals surface area contributed by atoms with E-state index in [0.29, 0.717) is 22.8 Å². The molecule has 1 aliphatic rings. The number of benzene rings is 2. The number of rotatable bonds is 4. The fourth-order valence-electron chi connectivity index (χ4n) is 3.07. The van der Waals surface area contributed by atoms with Gasteiger partial charge < -0.3 is 19.1 Å². The molecule has 7 heteroatoms. The van der Waals surface area contributed by atoms with Crippen LogP contribution in [0.25, 0.3) is 5.57 Å². The Morgan fingerprint density at radius 3 is 2.52 bits per heavy atom. The second-order valence-electron chi connectivity index (χ2n) is 6.21. The number of nitrogens with zero attached hydrogens (tertiary/aromatic N) is 2. The minimum atomic E-state index is -0.846. The zero-order valence-electron chi connectivity index (χ0n) is 15.5. The van der Waals surface area contributed by atoms with Crippen molar-refractivity contribution in [3.63, 3.8) is 0 Å². The molecule has 2 aromatic carbocycles. The fourth-order valence-corrected chi connectivity index (χ4v) is 3.67. The van der Waals surface area contributed by atoms with E-state index in [1.807, 2.05) is 49.3 Å². The van der Waals surface area contributed by atoms with Crippen LogP contribution in [-0.2, 0) is 0 Å². The van der Waals surface area contributed by atoms with Crippen molar-refractivity contribution in [2.45, 2.75) is 6.23 Å². The molecule has 1 unspecified atom stereocenters. The quantitative estimate of drug-likeness (QED) is 0.800. The molecule has 1 heterocycles. The Labute approximate surface area is 166 Å². The Kier molecular flexibility index (Phi) is 5.31. The second kappa shape index (κ2) is 7.51. The zero-order valence-corrected chi connectivity index (χ0v) is 17.1. The van der Waals surface area contributed by atoms with Gasteiger partial charge in [-0.3, -0.25) is 5.73 Å². The first-order valence-corrected chi connectivity index (χ1v) is 9.00. The molecule has 0 amide bonds. The number of nitriles is 1. The van der Waals surface area contributed by atoms with Crippen LogP contribution in [0.15, 0.2) is 40.4 Å². The van der Waals surface area contributed by atoms with Crippen molar-refractivity contribution in [1.82, 2.24) is 0 Å². The van der Waals surface area contributed by atoms with Crippen molar-refractivity contribution in [3.8, 4) is 23.3 Å². The topological polar surface area (TPSA) is 80.7 Å². The maximum atomic E-state index is 9.71. The smallest absolute Gasteiger partial charge is 0.184 e. The van der Waals surface area contributed by atoms with Gasteiger partial charge in [0.1, 0.15) is 11.8 Å². The number of nitrogens with two attached hydrogens (primary N) is 1. The van der Waals surface area contributed by atoms with Crippen LogP contribution in [-0.4, -0.2) is 34.5 Å². The van der Waals surface area contributed by atoms with Crippen molar-refractivity contribution in [3.05, 3.63) is 51.5 Å². The van der Waals surface area contributed by atoms with Gasteiger partial charge in [-0.2, -0.15) is 5.26 Å². The number of hydrogen-bond acceptors (Lipinski definition) is 6. The first-order valence-electron chi connectivity index (χ1n) is 8.21. The maximum absolute atomic E-state index is 9.71. The molecule has 0 spiro atoms. The summed E-state index contributed by atoms with van der Waals surface area (Å²) in [6, 6.07) is 11.7. The Morgan fingerprint density at radius 2 is 1.93 bits per heavy atom. The van der Waals surface area contributed by atoms with Crippen LogP contribution in [0.3, 0.4) is 0 Å². The van der Waals surface area contributed by atoms with Gasteiger partial charge in [-0.15, -0.1) is 0 Å². The maximum Gasteiger partial charge on any atom is 0.184 e. The molecule has 3 rings (SSSR count). The molecular weight excluding hydrogens is 410 g/mol. The summed E-state index contributed by atoms with van der Waals surface area (Å²) < 4.78 is 17.4. The van der Waals surface area contributed by atoms with E-state index < -0.39 is 6.23 Å². The minimum Gasteiger partial charge on any atom is -0.493 e. The van der Waals surface area contributed by atoms with Gasteiger partial charge in [-0.05, 0) is 45.8 Å². The molecule has 0 radical (unpaired) electrons. The van der Waals surface area contributed by atoms with Crippen molar-refractivity contribution in [1.29, 1.82) is 5.26 Å².